The van der Waals surface area contributed by atoms with Crippen LogP contribution in [0.3, 0.4) is 0 Å². The summed E-state index contributed by atoms with van der Waals surface area (Å²) in [6.07, 6.45) is 8.56. The zero-order chi connectivity index (χ0) is 14.6. The van der Waals surface area contributed by atoms with Crippen LogP contribution in [0.5, 0.6) is 0 Å². The Balaban J connectivity index is 1.44. The fourth-order valence-corrected chi connectivity index (χ4v) is 4.64. The first kappa shape index (κ1) is 12.9. The van der Waals surface area contributed by atoms with Crippen molar-refractivity contribution < 1.29 is 4.84 Å². The van der Waals surface area contributed by atoms with Gasteiger partial charge >= 0.3 is 0 Å². The minimum Gasteiger partial charge on any atom is -0.248 e. The van der Waals surface area contributed by atoms with E-state index in [1.54, 1.807) is 0 Å². The molecule has 0 radical (unpaired) electrons. The van der Waals surface area contributed by atoms with Crippen molar-refractivity contribution in [3.63, 3.8) is 0 Å². The zero-order valence-electron chi connectivity index (χ0n) is 12.7. The van der Waals surface area contributed by atoms with Crippen LogP contribution in [0.25, 0.3) is 10.8 Å². The van der Waals surface area contributed by atoms with Gasteiger partial charge in [0.05, 0.1) is 0 Å². The van der Waals surface area contributed by atoms with Crippen molar-refractivity contribution in [1.82, 2.24) is 10.4 Å². The van der Waals surface area contributed by atoms with Crippen LogP contribution in [0.15, 0.2) is 36.5 Å². The summed E-state index contributed by atoms with van der Waals surface area (Å²) in [4.78, 5) is 11.0. The lowest BCUT2D eigenvalue weighted by Gasteiger charge is -2.47. The molecule has 4 nitrogen and oxygen atoms in total. The summed E-state index contributed by atoms with van der Waals surface area (Å²) >= 11 is 0. The molecule has 0 amide bonds. The van der Waals surface area contributed by atoms with E-state index < -0.39 is 0 Å². The van der Waals surface area contributed by atoms with Crippen molar-refractivity contribution in [3.05, 3.63) is 36.5 Å². The van der Waals surface area contributed by atoms with Crippen LogP contribution in [0, 0.1) is 11.8 Å². The summed E-state index contributed by atoms with van der Waals surface area (Å²) < 4.78 is 0. The summed E-state index contributed by atoms with van der Waals surface area (Å²) in [7, 11) is 0. The van der Waals surface area contributed by atoms with E-state index in [0.29, 0.717) is 5.92 Å². The van der Waals surface area contributed by atoms with E-state index in [-0.39, 0.29) is 5.60 Å². The molecule has 0 unspecified atom stereocenters. The molecular formula is C18H21N3O. The minimum atomic E-state index is 0.00842. The van der Waals surface area contributed by atoms with Crippen molar-refractivity contribution in [2.45, 2.75) is 37.7 Å². The van der Waals surface area contributed by atoms with Crippen LogP contribution in [0.4, 0.5) is 5.82 Å². The Labute approximate surface area is 130 Å². The predicted molar refractivity (Wildman–Crippen MR) is 86.1 cm³/mol. The van der Waals surface area contributed by atoms with Gasteiger partial charge in [-0.25, -0.2) is 15.2 Å². The van der Waals surface area contributed by atoms with Gasteiger partial charge in [-0.2, -0.15) is 5.17 Å². The average molecular weight is 295 g/mol. The Hall–Kier alpha value is -1.65. The van der Waals surface area contributed by atoms with Gasteiger partial charge < -0.3 is 0 Å². The number of pyridine rings is 1. The molecule has 6 rings (SSSR count). The lowest BCUT2D eigenvalue weighted by atomic mass is 9.62. The minimum absolute atomic E-state index is 0.00842. The number of fused-ring (bicyclic) bond motifs is 3. The zero-order valence-corrected chi connectivity index (χ0v) is 12.7. The molecule has 1 spiro atoms. The van der Waals surface area contributed by atoms with E-state index in [2.05, 4.69) is 34.7 Å². The van der Waals surface area contributed by atoms with Crippen molar-refractivity contribution in [2.24, 2.45) is 11.8 Å². The number of anilines is 1. The smallest absolute Gasteiger partial charge is 0.171 e. The van der Waals surface area contributed by atoms with Crippen LogP contribution in [-0.2, 0) is 4.84 Å². The normalized spacial score (nSPS) is 33.9. The molecule has 3 aliphatic carbocycles. The molecule has 2 bridgehead atoms. The van der Waals surface area contributed by atoms with E-state index in [4.69, 9.17) is 4.84 Å². The summed E-state index contributed by atoms with van der Waals surface area (Å²) in [6.45, 7) is 0.919. The monoisotopic (exact) mass is 295 g/mol. The number of nitrogens with zero attached hydrogens (tertiary/aromatic N) is 2. The third-order valence-corrected chi connectivity index (χ3v) is 5.84. The molecule has 1 aliphatic heterocycles. The molecule has 1 atom stereocenters. The molecule has 22 heavy (non-hydrogen) atoms. The second kappa shape index (κ2) is 4.67. The van der Waals surface area contributed by atoms with Crippen LogP contribution < -0.4 is 10.6 Å². The number of aromatic nitrogens is 1. The van der Waals surface area contributed by atoms with Crippen molar-refractivity contribution in [3.8, 4) is 0 Å². The molecule has 4 fully saturated rings. The highest BCUT2D eigenvalue weighted by molar-refractivity contribution is 5.83. The molecule has 4 heteroatoms. The van der Waals surface area contributed by atoms with E-state index in [0.717, 1.165) is 23.7 Å². The van der Waals surface area contributed by atoms with Gasteiger partial charge in [-0.3, -0.25) is 0 Å². The molecule has 1 N–H and O–H groups in total. The molecule has 3 saturated carbocycles. The van der Waals surface area contributed by atoms with E-state index in [9.17, 15) is 0 Å². The van der Waals surface area contributed by atoms with Crippen LogP contribution in [0.1, 0.15) is 32.1 Å². The van der Waals surface area contributed by atoms with Gasteiger partial charge in [0.15, 0.2) is 5.82 Å². The van der Waals surface area contributed by atoms with E-state index in [1.807, 2.05) is 17.4 Å². The quantitative estimate of drug-likeness (QED) is 0.874. The van der Waals surface area contributed by atoms with Gasteiger partial charge in [0.25, 0.3) is 0 Å². The maximum Gasteiger partial charge on any atom is 0.171 e. The van der Waals surface area contributed by atoms with Gasteiger partial charge in [-0.05, 0) is 55.4 Å². The number of hydrogen-bond donors (Lipinski definition) is 1. The standard InChI is InChI=1S/C18H21N3O/c1-2-4-15-11-19-17(9-14(15)3-1)21-20-12-18(22-21)10-13-5-7-16(18)8-6-13/h1-4,9,11,13,16,20H,5-8,10,12H2/t13?,16?,18-/m0/s1. The molecule has 2 aromatic rings. The maximum absolute atomic E-state index is 6.42. The SMILES string of the molecule is c1ccc2cc(N3NC[C@]4(CC5CCC4CC5)O3)ncc2c1. The lowest BCUT2D eigenvalue weighted by molar-refractivity contribution is -0.114. The van der Waals surface area contributed by atoms with E-state index >= 15 is 0 Å². The summed E-state index contributed by atoms with van der Waals surface area (Å²) in [5, 5.41) is 4.17. The summed E-state index contributed by atoms with van der Waals surface area (Å²) in [6, 6.07) is 10.4. The molecule has 4 aliphatic rings. The van der Waals surface area contributed by atoms with E-state index in [1.165, 1.54) is 37.5 Å². The van der Waals surface area contributed by atoms with Crippen molar-refractivity contribution in [1.29, 1.82) is 0 Å². The summed E-state index contributed by atoms with van der Waals surface area (Å²) in [5.74, 6) is 2.42. The van der Waals surface area contributed by atoms with Crippen molar-refractivity contribution in [2.75, 3.05) is 11.7 Å². The second-order valence-corrected chi connectivity index (χ2v) is 7.10. The Morgan fingerprint density at radius 3 is 2.73 bits per heavy atom. The van der Waals surface area contributed by atoms with Crippen LogP contribution >= 0.6 is 0 Å². The van der Waals surface area contributed by atoms with Gasteiger partial charge in [-0.1, -0.05) is 24.3 Å². The fraction of sp³-hybridized carbons (Fsp3) is 0.500. The average Bonchev–Trinajstić information content (AvgIpc) is 2.99. The Bertz CT molecular complexity index is 710. The molecule has 1 saturated heterocycles. The highest BCUT2D eigenvalue weighted by Gasteiger charge is 2.53. The van der Waals surface area contributed by atoms with Gasteiger partial charge in [-0.15, -0.1) is 0 Å². The first-order chi connectivity index (χ1) is 10.8. The van der Waals surface area contributed by atoms with Crippen molar-refractivity contribution >= 4 is 16.6 Å². The topological polar surface area (TPSA) is 37.4 Å². The highest BCUT2D eigenvalue weighted by atomic mass is 16.7. The Kier molecular flexibility index (Phi) is 2.73. The molecule has 114 valence electrons. The number of rotatable bonds is 1. The van der Waals surface area contributed by atoms with Gasteiger partial charge in [0, 0.05) is 18.1 Å². The van der Waals surface area contributed by atoms with Gasteiger partial charge in [0.1, 0.15) is 5.60 Å². The molecule has 1 aromatic heterocycles. The molecule has 2 heterocycles. The second-order valence-electron chi connectivity index (χ2n) is 7.10. The third-order valence-electron chi connectivity index (χ3n) is 5.84. The van der Waals surface area contributed by atoms with Gasteiger partial charge in [0.2, 0.25) is 0 Å². The third kappa shape index (κ3) is 1.87. The number of hydrazine groups is 1. The molecule has 1 aromatic carbocycles. The highest BCUT2D eigenvalue weighted by Crippen LogP contribution is 2.50. The first-order valence-electron chi connectivity index (χ1n) is 8.40. The fourth-order valence-electron chi connectivity index (χ4n) is 4.64. The summed E-state index contributed by atoms with van der Waals surface area (Å²) in [5.41, 5.74) is 3.44. The molecular weight excluding hydrogens is 274 g/mol. The number of benzene rings is 1. The van der Waals surface area contributed by atoms with Crippen LogP contribution in [0.2, 0.25) is 0 Å². The number of nitrogens with one attached hydrogen (secondary N) is 1. The predicted octanol–water partition coefficient (Wildman–Crippen LogP) is 3.44. The Morgan fingerprint density at radius 1 is 1.14 bits per heavy atom. The van der Waals surface area contributed by atoms with Crippen LogP contribution in [-0.4, -0.2) is 17.1 Å². The Morgan fingerprint density at radius 2 is 1.95 bits per heavy atom. The maximum atomic E-state index is 6.42. The first-order valence-corrected chi connectivity index (χ1v) is 8.40. The number of hydrogen-bond acceptors (Lipinski definition) is 4. The lowest BCUT2D eigenvalue weighted by Crippen LogP contribution is -2.50. The largest absolute Gasteiger partial charge is 0.248 e.